The summed E-state index contributed by atoms with van der Waals surface area (Å²) < 4.78 is 5.36. The van der Waals surface area contributed by atoms with Gasteiger partial charge in [-0.25, -0.2) is 9.97 Å². The molecule has 0 aliphatic rings. The standard InChI is InChI=1S/C11H16N8/c1-4-7-9-10(18(3)15-7)19(11(12)14-9)5-8-13-6-17(2)16-8/h6H,4-5H2,1-3H3,(H2,12,14). The predicted molar refractivity (Wildman–Crippen MR) is 70.4 cm³/mol. The number of nitrogens with zero attached hydrogens (tertiary/aromatic N) is 7. The number of hydrogen-bond donors (Lipinski definition) is 1. The van der Waals surface area contributed by atoms with Crippen molar-refractivity contribution in [2.75, 3.05) is 5.73 Å². The number of aromatic nitrogens is 7. The Balaban J connectivity index is 2.12. The maximum Gasteiger partial charge on any atom is 0.202 e. The van der Waals surface area contributed by atoms with Gasteiger partial charge in [-0.1, -0.05) is 6.92 Å². The zero-order valence-corrected chi connectivity index (χ0v) is 11.2. The highest BCUT2D eigenvalue weighted by Crippen LogP contribution is 2.21. The van der Waals surface area contributed by atoms with Crippen LogP contribution in [-0.4, -0.2) is 34.1 Å². The van der Waals surface area contributed by atoms with Crippen molar-refractivity contribution in [3.8, 4) is 0 Å². The van der Waals surface area contributed by atoms with Crippen LogP contribution in [0.3, 0.4) is 0 Å². The zero-order valence-electron chi connectivity index (χ0n) is 11.2. The molecule has 0 unspecified atom stereocenters. The average molecular weight is 260 g/mol. The number of aryl methyl sites for hydroxylation is 3. The smallest absolute Gasteiger partial charge is 0.202 e. The molecule has 2 N–H and O–H groups in total. The van der Waals surface area contributed by atoms with E-state index in [0.717, 1.165) is 23.3 Å². The fraction of sp³-hybridized carbons (Fsp3) is 0.455. The van der Waals surface area contributed by atoms with Crippen LogP contribution in [0.25, 0.3) is 11.2 Å². The van der Waals surface area contributed by atoms with Gasteiger partial charge in [0.2, 0.25) is 5.95 Å². The van der Waals surface area contributed by atoms with Gasteiger partial charge in [0.1, 0.15) is 11.8 Å². The number of anilines is 1. The normalized spacial score (nSPS) is 11.5. The second kappa shape index (κ2) is 4.08. The molecule has 3 heterocycles. The minimum absolute atomic E-state index is 0.463. The van der Waals surface area contributed by atoms with Crippen LogP contribution < -0.4 is 5.73 Å². The summed E-state index contributed by atoms with van der Waals surface area (Å²) in [5, 5.41) is 8.71. The second-order valence-electron chi connectivity index (χ2n) is 4.49. The Morgan fingerprint density at radius 1 is 1.26 bits per heavy atom. The molecule has 8 heteroatoms. The third kappa shape index (κ3) is 1.76. The highest BCUT2D eigenvalue weighted by Gasteiger charge is 2.17. The van der Waals surface area contributed by atoms with Gasteiger partial charge in [-0.05, 0) is 6.42 Å². The van der Waals surface area contributed by atoms with E-state index in [0.29, 0.717) is 18.3 Å². The van der Waals surface area contributed by atoms with Crippen LogP contribution in [-0.2, 0) is 27.1 Å². The third-order valence-corrected chi connectivity index (χ3v) is 3.10. The lowest BCUT2D eigenvalue weighted by Crippen LogP contribution is -2.09. The Labute approximate surface area is 109 Å². The molecule has 19 heavy (non-hydrogen) atoms. The van der Waals surface area contributed by atoms with Crippen LogP contribution in [0.1, 0.15) is 18.4 Å². The van der Waals surface area contributed by atoms with Gasteiger partial charge >= 0.3 is 0 Å². The van der Waals surface area contributed by atoms with Crippen LogP contribution in [0.15, 0.2) is 6.33 Å². The third-order valence-electron chi connectivity index (χ3n) is 3.10. The minimum atomic E-state index is 0.463. The first-order valence-electron chi connectivity index (χ1n) is 6.12. The van der Waals surface area contributed by atoms with Gasteiger partial charge in [-0.3, -0.25) is 13.9 Å². The van der Waals surface area contributed by atoms with Gasteiger partial charge in [-0.2, -0.15) is 10.2 Å². The van der Waals surface area contributed by atoms with E-state index in [4.69, 9.17) is 5.73 Å². The summed E-state index contributed by atoms with van der Waals surface area (Å²) in [4.78, 5) is 8.62. The minimum Gasteiger partial charge on any atom is -0.369 e. The van der Waals surface area contributed by atoms with Crippen molar-refractivity contribution < 1.29 is 0 Å². The van der Waals surface area contributed by atoms with Crippen LogP contribution in [0.4, 0.5) is 5.95 Å². The molecular weight excluding hydrogens is 244 g/mol. The average Bonchev–Trinajstić information content (AvgIpc) is 3.00. The first-order chi connectivity index (χ1) is 9.10. The number of rotatable bonds is 3. The highest BCUT2D eigenvalue weighted by molar-refractivity contribution is 5.77. The molecule has 3 aromatic rings. The summed E-state index contributed by atoms with van der Waals surface area (Å²) in [6, 6.07) is 0. The predicted octanol–water partition coefficient (Wildman–Crippen LogP) is 0.0912. The van der Waals surface area contributed by atoms with Crippen molar-refractivity contribution in [3.05, 3.63) is 17.8 Å². The Morgan fingerprint density at radius 3 is 2.68 bits per heavy atom. The number of imidazole rings is 1. The SMILES string of the molecule is CCc1nn(C)c2c1nc(N)n2Cc1ncn(C)n1. The summed E-state index contributed by atoms with van der Waals surface area (Å²) in [6.45, 7) is 2.54. The van der Waals surface area contributed by atoms with Gasteiger partial charge in [0, 0.05) is 14.1 Å². The van der Waals surface area contributed by atoms with Crippen LogP contribution >= 0.6 is 0 Å². The molecule has 0 atom stereocenters. The van der Waals surface area contributed by atoms with E-state index < -0.39 is 0 Å². The van der Waals surface area contributed by atoms with Crippen LogP contribution in [0.5, 0.6) is 0 Å². The van der Waals surface area contributed by atoms with E-state index in [2.05, 4.69) is 27.1 Å². The van der Waals surface area contributed by atoms with E-state index in [1.807, 2.05) is 18.7 Å². The maximum atomic E-state index is 5.99. The van der Waals surface area contributed by atoms with E-state index in [1.165, 1.54) is 0 Å². The van der Waals surface area contributed by atoms with E-state index in [9.17, 15) is 0 Å². The van der Waals surface area contributed by atoms with Crippen molar-refractivity contribution in [1.82, 2.24) is 34.1 Å². The Bertz CT molecular complexity index is 731. The fourth-order valence-electron chi connectivity index (χ4n) is 2.25. The molecule has 0 aliphatic heterocycles. The topological polar surface area (TPSA) is 92.4 Å². The highest BCUT2D eigenvalue weighted by atomic mass is 15.4. The fourth-order valence-corrected chi connectivity index (χ4v) is 2.25. The Hall–Kier alpha value is -2.38. The number of fused-ring (bicyclic) bond motifs is 1. The second-order valence-corrected chi connectivity index (χ2v) is 4.49. The molecule has 0 spiro atoms. The van der Waals surface area contributed by atoms with E-state index in [-0.39, 0.29) is 0 Å². The van der Waals surface area contributed by atoms with Gasteiger partial charge in [0.25, 0.3) is 0 Å². The molecule has 100 valence electrons. The molecule has 0 aliphatic carbocycles. The molecule has 0 saturated heterocycles. The lowest BCUT2D eigenvalue weighted by molar-refractivity contribution is 0.687. The van der Waals surface area contributed by atoms with E-state index in [1.54, 1.807) is 15.7 Å². The monoisotopic (exact) mass is 260 g/mol. The van der Waals surface area contributed by atoms with Crippen LogP contribution in [0.2, 0.25) is 0 Å². The van der Waals surface area contributed by atoms with E-state index >= 15 is 0 Å². The summed E-state index contributed by atoms with van der Waals surface area (Å²) in [5.41, 5.74) is 8.71. The Morgan fingerprint density at radius 2 is 2.05 bits per heavy atom. The first-order valence-corrected chi connectivity index (χ1v) is 6.12. The summed E-state index contributed by atoms with van der Waals surface area (Å²) in [7, 11) is 3.73. The van der Waals surface area contributed by atoms with Crippen molar-refractivity contribution in [3.63, 3.8) is 0 Å². The first kappa shape index (κ1) is 11.7. The lowest BCUT2D eigenvalue weighted by atomic mass is 10.3. The van der Waals surface area contributed by atoms with Gasteiger partial charge in [-0.15, -0.1) is 0 Å². The van der Waals surface area contributed by atoms with Crippen molar-refractivity contribution >= 4 is 17.1 Å². The van der Waals surface area contributed by atoms with Crippen LogP contribution in [0, 0.1) is 0 Å². The molecule has 3 rings (SSSR count). The molecule has 0 saturated carbocycles. The zero-order chi connectivity index (χ0) is 13.6. The number of hydrogen-bond acceptors (Lipinski definition) is 5. The Kier molecular flexibility index (Phi) is 2.51. The number of nitrogens with two attached hydrogens (primary N) is 1. The van der Waals surface area contributed by atoms with Gasteiger partial charge < -0.3 is 5.73 Å². The molecule has 0 radical (unpaired) electrons. The summed E-state index contributed by atoms with van der Waals surface area (Å²) in [6.07, 6.45) is 2.50. The van der Waals surface area contributed by atoms with Crippen molar-refractivity contribution in [2.45, 2.75) is 19.9 Å². The molecule has 8 nitrogen and oxygen atoms in total. The molecule has 3 aromatic heterocycles. The molecular formula is C11H16N8. The number of nitrogen functional groups attached to an aromatic ring is 1. The lowest BCUT2D eigenvalue weighted by Gasteiger charge is -2.03. The summed E-state index contributed by atoms with van der Waals surface area (Å²) in [5.74, 6) is 1.16. The van der Waals surface area contributed by atoms with Gasteiger partial charge in [0.15, 0.2) is 11.5 Å². The largest absolute Gasteiger partial charge is 0.369 e. The molecule has 0 fully saturated rings. The maximum absolute atomic E-state index is 5.99. The van der Waals surface area contributed by atoms with Crippen molar-refractivity contribution in [1.29, 1.82) is 0 Å². The van der Waals surface area contributed by atoms with Gasteiger partial charge in [0.05, 0.1) is 12.2 Å². The quantitative estimate of drug-likeness (QED) is 0.720. The molecule has 0 aromatic carbocycles. The molecule has 0 bridgehead atoms. The summed E-state index contributed by atoms with van der Waals surface area (Å²) >= 11 is 0. The van der Waals surface area contributed by atoms with Crippen molar-refractivity contribution in [2.24, 2.45) is 14.1 Å². The molecule has 0 amide bonds.